The zero-order valence-corrected chi connectivity index (χ0v) is 25.3. The smallest absolute Gasteiger partial charge is 0.317 e. The third kappa shape index (κ3) is 10.3. The molecule has 0 heterocycles. The Labute approximate surface area is 251 Å². The van der Waals surface area contributed by atoms with E-state index in [4.69, 9.17) is 14.2 Å². The number of aromatic hydroxyl groups is 2. The first-order valence-corrected chi connectivity index (χ1v) is 10.7. The fraction of sp³-hybridized carbons (Fsp3) is 0.188. The van der Waals surface area contributed by atoms with Crippen LogP contribution in [0.3, 0.4) is 0 Å². The second-order valence-corrected chi connectivity index (χ2v) is 8.91. The number of rotatable bonds is 8. The Balaban J connectivity index is 0. The Morgan fingerprint density at radius 2 is 1.09 bits per heavy atom. The fourth-order valence-electron chi connectivity index (χ4n) is 2.54. The summed E-state index contributed by atoms with van der Waals surface area (Å²) in [5.41, 5.74) is -0.0707. The second kappa shape index (κ2) is 14.0. The molecule has 2 rings (SSSR count). The Kier molecular flexibility index (Phi) is 15.1. The van der Waals surface area contributed by atoms with Gasteiger partial charge in [0.25, 0.3) is 20.2 Å². The summed E-state index contributed by atoms with van der Waals surface area (Å²) in [7, 11) is -9.14. The Hall–Kier alpha value is 0.290. The molecule has 16 heteroatoms. The number of carboxylic acids is 1. The summed E-state index contributed by atoms with van der Waals surface area (Å²) in [6, 6.07) is 5.83. The zero-order chi connectivity index (χ0) is 22.0. The summed E-state index contributed by atoms with van der Waals surface area (Å²) >= 11 is 0. The second-order valence-electron chi connectivity index (χ2n) is 6.07. The van der Waals surface area contributed by atoms with Crippen molar-refractivity contribution >= 4 is 115 Å². The molecule has 0 aliphatic carbocycles. The van der Waals surface area contributed by atoms with Gasteiger partial charge in [0.05, 0.1) is 16.3 Å². The molecule has 0 saturated heterocycles. The first-order valence-electron chi connectivity index (χ1n) is 7.80. The Morgan fingerprint density at radius 3 is 1.38 bits per heavy atom. The molecule has 0 unspecified atom stereocenters. The van der Waals surface area contributed by atoms with Crippen molar-refractivity contribution in [2.24, 2.45) is 0 Å². The van der Waals surface area contributed by atoms with Crippen LogP contribution in [0.15, 0.2) is 46.2 Å². The molecule has 2 aromatic carbocycles. The van der Waals surface area contributed by atoms with Crippen LogP contribution in [0.1, 0.15) is 11.1 Å². The average molecular weight is 516 g/mol. The molecule has 0 spiro atoms. The number of hydrogen-bond donors (Lipinski definition) is 5. The molecule has 0 atom stereocenters. The van der Waals surface area contributed by atoms with Gasteiger partial charge in [-0.1, -0.05) is 0 Å². The maximum atomic E-state index is 11.3. The van der Waals surface area contributed by atoms with E-state index in [0.717, 1.165) is 41.3 Å². The zero-order valence-electron chi connectivity index (χ0n) is 17.6. The van der Waals surface area contributed by atoms with E-state index in [-0.39, 0.29) is 124 Å². The summed E-state index contributed by atoms with van der Waals surface area (Å²) in [5, 5.41) is 29.0. The van der Waals surface area contributed by atoms with Crippen LogP contribution >= 0.6 is 0 Å². The average Bonchev–Trinajstić information content (AvgIpc) is 2.56. The van der Waals surface area contributed by atoms with Crippen molar-refractivity contribution in [3.8, 4) is 11.5 Å². The number of hydrogen-bond acceptors (Lipinski definition) is 8. The predicted octanol–water partition coefficient (Wildman–Crippen LogP) is -0.464. The van der Waals surface area contributed by atoms with Crippen molar-refractivity contribution in [2.45, 2.75) is 22.9 Å². The molecular weight excluding hydrogens is 499 g/mol. The van der Waals surface area contributed by atoms with Gasteiger partial charge in [-0.25, -0.2) is 0 Å². The molecule has 0 aliphatic rings. The van der Waals surface area contributed by atoms with Gasteiger partial charge in [-0.2, -0.15) is 16.8 Å². The molecule has 11 nitrogen and oxygen atoms in total. The molecule has 3 radical (unpaired) electrons. The first-order chi connectivity index (χ1) is 13.3. The third-order valence-electron chi connectivity index (χ3n) is 3.84. The number of nitrogens with zero attached hydrogens (tertiary/aromatic N) is 1. The summed E-state index contributed by atoms with van der Waals surface area (Å²) in [4.78, 5) is 11.3. The van der Waals surface area contributed by atoms with Gasteiger partial charge >= 0.3 is 5.97 Å². The summed E-state index contributed by atoms with van der Waals surface area (Å²) < 4.78 is 63.4. The van der Waals surface area contributed by atoms with Gasteiger partial charge in [0.2, 0.25) is 0 Å². The van der Waals surface area contributed by atoms with Crippen molar-refractivity contribution in [1.82, 2.24) is 4.90 Å². The number of carbonyl (C=O) groups is 1. The number of phenols is 2. The molecule has 5 N–H and O–H groups in total. The quantitative estimate of drug-likeness (QED) is 0.225. The molecule has 0 aromatic heterocycles. The maximum absolute atomic E-state index is 11.3. The van der Waals surface area contributed by atoms with Crippen molar-refractivity contribution in [2.75, 3.05) is 6.54 Å². The molecule has 0 aliphatic heterocycles. The van der Waals surface area contributed by atoms with Gasteiger partial charge in [0.1, 0.15) is 11.5 Å². The van der Waals surface area contributed by atoms with E-state index in [0.29, 0.717) is 0 Å². The minimum Gasteiger partial charge on any atom is -0.508 e. The number of phenolic OH excluding ortho intramolecular Hbond substituents is 2. The number of carboxylic acid groups (broad SMARTS) is 1. The van der Waals surface area contributed by atoms with E-state index in [1.54, 1.807) is 0 Å². The third-order valence-corrected chi connectivity index (χ3v) is 5.54. The molecular formula is C16H17NNa3O10S2. The van der Waals surface area contributed by atoms with Gasteiger partial charge in [-0.05, 0) is 36.4 Å². The topological polar surface area (TPSA) is 190 Å². The van der Waals surface area contributed by atoms with Crippen LogP contribution in [-0.2, 0) is 38.1 Å². The van der Waals surface area contributed by atoms with Crippen LogP contribution in [0.2, 0.25) is 0 Å². The summed E-state index contributed by atoms with van der Waals surface area (Å²) in [6.45, 7) is -1.26. The first kappa shape index (κ1) is 34.5. The van der Waals surface area contributed by atoms with Crippen LogP contribution in [0, 0.1) is 0 Å². The van der Waals surface area contributed by atoms with E-state index >= 15 is 0 Å². The van der Waals surface area contributed by atoms with Crippen LogP contribution in [0.5, 0.6) is 11.5 Å². The minimum absolute atomic E-state index is 0. The van der Waals surface area contributed by atoms with E-state index < -0.39 is 42.5 Å². The van der Waals surface area contributed by atoms with E-state index in [2.05, 4.69) is 0 Å². The minimum atomic E-state index is -4.57. The van der Waals surface area contributed by atoms with Crippen molar-refractivity contribution in [3.63, 3.8) is 0 Å². The van der Waals surface area contributed by atoms with Crippen molar-refractivity contribution in [1.29, 1.82) is 0 Å². The number of benzene rings is 2. The standard InChI is InChI=1S/C16H17NO10S2.3Na/c18-14-3-1-12(28(22,23)24)5-10(14)7-17(9-16(20)21)8-11-6-13(29(25,26)27)2-4-15(11)19;;;/h1-6,18-19H,7-9H2,(H,20,21)(H,22,23,24)(H,25,26,27);;;. The molecule has 0 fully saturated rings. The van der Waals surface area contributed by atoms with Crippen LogP contribution in [0.4, 0.5) is 0 Å². The van der Waals surface area contributed by atoms with E-state index in [1.807, 2.05) is 0 Å². The molecule has 0 saturated carbocycles. The monoisotopic (exact) mass is 516 g/mol. The van der Waals surface area contributed by atoms with Crippen LogP contribution < -0.4 is 0 Å². The predicted molar refractivity (Wildman–Crippen MR) is 115 cm³/mol. The van der Waals surface area contributed by atoms with Crippen LogP contribution in [0.25, 0.3) is 0 Å². The van der Waals surface area contributed by atoms with Gasteiger partial charge in [-0.3, -0.25) is 18.8 Å². The van der Waals surface area contributed by atoms with E-state index in [9.17, 15) is 31.8 Å². The Bertz CT molecular complexity index is 1070. The SMILES string of the molecule is O=C(O)CN(Cc1cc(S(=O)(=O)O)ccc1O)Cc1cc(S(=O)(=O)O)ccc1O.[Na].[Na].[Na]. The maximum Gasteiger partial charge on any atom is 0.317 e. The molecule has 2 aromatic rings. The van der Waals surface area contributed by atoms with Gasteiger partial charge in [-0.15, -0.1) is 0 Å². The van der Waals surface area contributed by atoms with E-state index in [1.165, 1.54) is 0 Å². The molecule has 161 valence electrons. The summed E-state index contributed by atoms with van der Waals surface area (Å²) in [6.07, 6.45) is 0. The van der Waals surface area contributed by atoms with Crippen molar-refractivity contribution in [3.05, 3.63) is 47.5 Å². The molecule has 0 bridgehead atoms. The normalized spacial score (nSPS) is 11.1. The largest absolute Gasteiger partial charge is 0.508 e. The fourth-order valence-corrected chi connectivity index (χ4v) is 3.60. The molecule has 0 amide bonds. The van der Waals surface area contributed by atoms with Crippen LogP contribution in [-0.4, -0.2) is 147 Å². The number of aliphatic carboxylic acids is 1. The Morgan fingerprint density at radius 1 is 0.750 bits per heavy atom. The van der Waals surface area contributed by atoms with Crippen molar-refractivity contribution < 1.29 is 46.1 Å². The van der Waals surface area contributed by atoms with Gasteiger partial charge < -0.3 is 15.3 Å². The summed E-state index contributed by atoms with van der Waals surface area (Å²) in [5.74, 6) is -2.03. The van der Waals surface area contributed by atoms with Gasteiger partial charge in [0, 0.05) is 113 Å². The molecule has 32 heavy (non-hydrogen) atoms. The van der Waals surface area contributed by atoms with Gasteiger partial charge in [0.15, 0.2) is 0 Å².